The van der Waals surface area contributed by atoms with Gasteiger partial charge >= 0.3 is 0 Å². The number of nitrogens with one attached hydrogen (secondary N) is 1. The molecule has 0 aliphatic carbocycles. The van der Waals surface area contributed by atoms with Gasteiger partial charge in [-0.2, -0.15) is 0 Å². The fourth-order valence-electron chi connectivity index (χ4n) is 1.06. The summed E-state index contributed by atoms with van der Waals surface area (Å²) in [6, 6.07) is 7.07. The summed E-state index contributed by atoms with van der Waals surface area (Å²) >= 11 is 3.29. The molecule has 0 aliphatic rings. The second-order valence-electron chi connectivity index (χ2n) is 3.21. The van der Waals surface area contributed by atoms with Crippen LogP contribution in [0.3, 0.4) is 0 Å². The van der Waals surface area contributed by atoms with Gasteiger partial charge in [-0.15, -0.1) is 0 Å². The van der Waals surface area contributed by atoms with Crippen LogP contribution >= 0.6 is 15.9 Å². The highest BCUT2D eigenvalue weighted by atomic mass is 79.9. The first-order chi connectivity index (χ1) is 7.09. The molecule has 0 unspecified atom stereocenters. The second-order valence-corrected chi connectivity index (χ2v) is 4.13. The van der Waals surface area contributed by atoms with Crippen LogP contribution in [0.1, 0.15) is 23.7 Å². The molecule has 0 fully saturated rings. The summed E-state index contributed by atoms with van der Waals surface area (Å²) in [5.41, 5.74) is 0.599. The molecule has 0 radical (unpaired) electrons. The lowest BCUT2D eigenvalue weighted by Gasteiger charge is -2.03. The first-order valence-electron chi connectivity index (χ1n) is 4.63. The Hall–Kier alpha value is -1.16. The summed E-state index contributed by atoms with van der Waals surface area (Å²) in [5, 5.41) is 2.67. The van der Waals surface area contributed by atoms with E-state index < -0.39 is 0 Å². The first-order valence-corrected chi connectivity index (χ1v) is 5.42. The van der Waals surface area contributed by atoms with E-state index in [1.54, 1.807) is 24.3 Å². The molecule has 1 rings (SSSR count). The summed E-state index contributed by atoms with van der Waals surface area (Å²) in [4.78, 5) is 22.1. The highest BCUT2D eigenvalue weighted by molar-refractivity contribution is 9.10. The van der Waals surface area contributed by atoms with Gasteiger partial charge in [0.05, 0.1) is 0 Å². The fraction of sp³-hybridized carbons (Fsp3) is 0.273. The fourth-order valence-corrected chi connectivity index (χ4v) is 1.32. The highest BCUT2D eigenvalue weighted by Crippen LogP contribution is 2.10. The molecule has 0 aliphatic heterocycles. The third-order valence-corrected chi connectivity index (χ3v) is 2.40. The van der Waals surface area contributed by atoms with Gasteiger partial charge in [0.15, 0.2) is 0 Å². The van der Waals surface area contributed by atoms with Crippen molar-refractivity contribution in [2.45, 2.75) is 13.3 Å². The molecule has 0 saturated carbocycles. The lowest BCUT2D eigenvalue weighted by Crippen LogP contribution is -2.25. The summed E-state index contributed by atoms with van der Waals surface area (Å²) in [6.07, 6.45) is 0.377. The van der Waals surface area contributed by atoms with E-state index in [0.29, 0.717) is 18.5 Å². The average molecular weight is 270 g/mol. The van der Waals surface area contributed by atoms with E-state index in [1.165, 1.54) is 6.92 Å². The maximum atomic E-state index is 11.5. The van der Waals surface area contributed by atoms with Crippen molar-refractivity contribution in [3.63, 3.8) is 0 Å². The molecule has 80 valence electrons. The predicted molar refractivity (Wildman–Crippen MR) is 61.8 cm³/mol. The Bertz CT molecular complexity index is 359. The van der Waals surface area contributed by atoms with Crippen LogP contribution in [0.4, 0.5) is 0 Å². The van der Waals surface area contributed by atoms with Crippen LogP contribution in [0.5, 0.6) is 0 Å². The normalized spacial score (nSPS) is 9.73. The van der Waals surface area contributed by atoms with Gasteiger partial charge in [0.25, 0.3) is 5.91 Å². The predicted octanol–water partition coefficient (Wildman–Crippen LogP) is 2.16. The van der Waals surface area contributed by atoms with Crippen LogP contribution in [0, 0.1) is 0 Å². The quantitative estimate of drug-likeness (QED) is 0.911. The van der Waals surface area contributed by atoms with E-state index in [4.69, 9.17) is 0 Å². The van der Waals surface area contributed by atoms with Crippen LogP contribution in [-0.2, 0) is 4.79 Å². The van der Waals surface area contributed by atoms with Gasteiger partial charge in [0.2, 0.25) is 0 Å². The minimum Gasteiger partial charge on any atom is -0.352 e. The van der Waals surface area contributed by atoms with E-state index in [9.17, 15) is 9.59 Å². The molecule has 0 spiro atoms. The number of benzene rings is 1. The SMILES string of the molecule is CC(=O)CCNC(=O)c1ccc(Br)cc1. The van der Waals surface area contributed by atoms with Crippen LogP contribution in [-0.4, -0.2) is 18.2 Å². The van der Waals surface area contributed by atoms with E-state index in [2.05, 4.69) is 21.2 Å². The zero-order valence-electron chi connectivity index (χ0n) is 8.42. The Morgan fingerprint density at radius 2 is 1.87 bits per heavy atom. The van der Waals surface area contributed by atoms with E-state index in [-0.39, 0.29) is 11.7 Å². The standard InChI is InChI=1S/C11H12BrNO2/c1-8(14)6-7-13-11(15)9-2-4-10(12)5-3-9/h2-5H,6-7H2,1H3,(H,13,15). The second kappa shape index (κ2) is 5.66. The van der Waals surface area contributed by atoms with Gasteiger partial charge in [0, 0.05) is 23.0 Å². The Kier molecular flexibility index (Phi) is 4.49. The lowest BCUT2D eigenvalue weighted by molar-refractivity contribution is -0.116. The van der Waals surface area contributed by atoms with Crippen molar-refractivity contribution >= 4 is 27.6 Å². The highest BCUT2D eigenvalue weighted by Gasteiger charge is 2.04. The first kappa shape index (κ1) is 11.9. The van der Waals surface area contributed by atoms with Crippen molar-refractivity contribution in [1.29, 1.82) is 0 Å². The van der Waals surface area contributed by atoms with Gasteiger partial charge in [-0.3, -0.25) is 9.59 Å². The largest absolute Gasteiger partial charge is 0.352 e. The van der Waals surface area contributed by atoms with Gasteiger partial charge < -0.3 is 5.32 Å². The number of hydrogen-bond donors (Lipinski definition) is 1. The third kappa shape index (κ3) is 4.25. The van der Waals surface area contributed by atoms with Crippen LogP contribution < -0.4 is 5.32 Å². The summed E-state index contributed by atoms with van der Waals surface area (Å²) < 4.78 is 0.933. The number of carbonyl (C=O) groups excluding carboxylic acids is 2. The maximum absolute atomic E-state index is 11.5. The Balaban J connectivity index is 2.47. The Labute approximate surface area is 97.0 Å². The van der Waals surface area contributed by atoms with E-state index >= 15 is 0 Å². The summed E-state index contributed by atoms with van der Waals surface area (Å²) in [5.74, 6) is -0.0742. The minimum absolute atomic E-state index is 0.0751. The van der Waals surface area contributed by atoms with Gasteiger partial charge in [-0.05, 0) is 31.2 Å². The molecule has 15 heavy (non-hydrogen) atoms. The van der Waals surface area contributed by atoms with Gasteiger partial charge in [-0.1, -0.05) is 15.9 Å². The molecular weight excluding hydrogens is 258 g/mol. The molecule has 3 nitrogen and oxygen atoms in total. The molecular formula is C11H12BrNO2. The zero-order valence-corrected chi connectivity index (χ0v) is 10.0. The molecule has 0 saturated heterocycles. The van der Waals surface area contributed by atoms with Crippen LogP contribution in [0.25, 0.3) is 0 Å². The number of carbonyl (C=O) groups is 2. The smallest absolute Gasteiger partial charge is 0.251 e. The molecule has 1 N–H and O–H groups in total. The third-order valence-electron chi connectivity index (χ3n) is 1.87. The van der Waals surface area contributed by atoms with E-state index in [0.717, 1.165) is 4.47 Å². The van der Waals surface area contributed by atoms with Gasteiger partial charge in [-0.25, -0.2) is 0 Å². The number of amides is 1. The number of hydrogen-bond acceptors (Lipinski definition) is 2. The van der Waals surface area contributed by atoms with Crippen molar-refractivity contribution < 1.29 is 9.59 Å². The van der Waals surface area contributed by atoms with Crippen molar-refractivity contribution in [1.82, 2.24) is 5.32 Å². The summed E-state index contributed by atoms with van der Waals surface area (Å²) in [7, 11) is 0. The topological polar surface area (TPSA) is 46.2 Å². The zero-order chi connectivity index (χ0) is 11.3. The lowest BCUT2D eigenvalue weighted by atomic mass is 10.2. The Morgan fingerprint density at radius 1 is 1.27 bits per heavy atom. The van der Waals surface area contributed by atoms with Crippen molar-refractivity contribution in [3.8, 4) is 0 Å². The number of Topliss-reactive ketones (excluding diaryl/α,β-unsaturated/α-hetero) is 1. The molecule has 0 atom stereocenters. The number of ketones is 1. The average Bonchev–Trinajstić information content (AvgIpc) is 2.18. The molecule has 0 bridgehead atoms. The van der Waals surface area contributed by atoms with Crippen molar-refractivity contribution in [2.24, 2.45) is 0 Å². The van der Waals surface area contributed by atoms with Crippen molar-refractivity contribution in [2.75, 3.05) is 6.54 Å². The Morgan fingerprint density at radius 3 is 2.40 bits per heavy atom. The molecule has 0 heterocycles. The van der Waals surface area contributed by atoms with Crippen molar-refractivity contribution in [3.05, 3.63) is 34.3 Å². The van der Waals surface area contributed by atoms with Crippen LogP contribution in [0.2, 0.25) is 0 Å². The molecule has 0 aromatic heterocycles. The minimum atomic E-state index is -0.149. The van der Waals surface area contributed by atoms with Gasteiger partial charge in [0.1, 0.15) is 5.78 Å². The van der Waals surface area contributed by atoms with Crippen LogP contribution in [0.15, 0.2) is 28.7 Å². The number of halogens is 1. The van der Waals surface area contributed by atoms with E-state index in [1.807, 2.05) is 0 Å². The molecule has 1 aromatic carbocycles. The number of rotatable bonds is 4. The molecule has 4 heteroatoms. The molecule has 1 amide bonds. The maximum Gasteiger partial charge on any atom is 0.251 e. The monoisotopic (exact) mass is 269 g/mol. The molecule has 1 aromatic rings. The summed E-state index contributed by atoms with van der Waals surface area (Å²) in [6.45, 7) is 1.90.